The van der Waals surface area contributed by atoms with Crippen LogP contribution in [0.1, 0.15) is 23.7 Å². The Hall–Kier alpha value is -1.75. The number of benzene rings is 1. The lowest BCUT2D eigenvalue weighted by atomic mass is 10.1. The number of amides is 1. The standard InChI is InChI=1S/C16H28N4O/c1-6-9-20(11-10-18(2)3)15-8-7-13(12-14(15)17)16(21)19(4)5/h7-8,12H,6,9-11,17H2,1-5H3. The summed E-state index contributed by atoms with van der Waals surface area (Å²) in [5, 5.41) is 0. The lowest BCUT2D eigenvalue weighted by molar-refractivity contribution is 0.0827. The smallest absolute Gasteiger partial charge is 0.253 e. The molecule has 118 valence electrons. The fourth-order valence-electron chi connectivity index (χ4n) is 2.18. The third kappa shape index (κ3) is 4.93. The average molecular weight is 292 g/mol. The maximum Gasteiger partial charge on any atom is 0.253 e. The molecule has 0 atom stereocenters. The van der Waals surface area contributed by atoms with Crippen LogP contribution in [0.15, 0.2) is 18.2 Å². The van der Waals surface area contributed by atoms with Crippen LogP contribution >= 0.6 is 0 Å². The van der Waals surface area contributed by atoms with Crippen LogP contribution in [0.2, 0.25) is 0 Å². The molecule has 1 rings (SSSR count). The number of carbonyl (C=O) groups is 1. The number of carbonyl (C=O) groups excluding carboxylic acids is 1. The van der Waals surface area contributed by atoms with Crippen molar-refractivity contribution < 1.29 is 4.79 Å². The highest BCUT2D eigenvalue weighted by Crippen LogP contribution is 2.25. The minimum absolute atomic E-state index is 0.0245. The van der Waals surface area contributed by atoms with E-state index in [1.807, 2.05) is 12.1 Å². The van der Waals surface area contributed by atoms with Crippen molar-refractivity contribution in [2.24, 2.45) is 0 Å². The molecule has 0 saturated carbocycles. The number of nitrogen functional groups attached to an aromatic ring is 1. The van der Waals surface area contributed by atoms with Gasteiger partial charge >= 0.3 is 0 Å². The molecule has 0 heterocycles. The van der Waals surface area contributed by atoms with Crippen LogP contribution in [-0.2, 0) is 0 Å². The molecule has 0 fully saturated rings. The largest absolute Gasteiger partial charge is 0.397 e. The normalized spacial score (nSPS) is 10.8. The van der Waals surface area contributed by atoms with Crippen LogP contribution in [0.25, 0.3) is 0 Å². The Bertz CT molecular complexity index is 471. The number of likely N-dealkylation sites (N-methyl/N-ethyl adjacent to an activating group) is 1. The van der Waals surface area contributed by atoms with E-state index in [1.54, 1.807) is 25.1 Å². The Balaban J connectivity index is 2.96. The fraction of sp³-hybridized carbons (Fsp3) is 0.562. The van der Waals surface area contributed by atoms with Crippen molar-refractivity contribution >= 4 is 17.3 Å². The summed E-state index contributed by atoms with van der Waals surface area (Å²) in [7, 11) is 7.61. The first-order chi connectivity index (χ1) is 9.86. The third-order valence-electron chi connectivity index (χ3n) is 3.33. The lowest BCUT2D eigenvalue weighted by Crippen LogP contribution is -2.33. The Morgan fingerprint density at radius 2 is 1.76 bits per heavy atom. The van der Waals surface area contributed by atoms with E-state index in [4.69, 9.17) is 5.73 Å². The first-order valence-electron chi connectivity index (χ1n) is 7.37. The van der Waals surface area contributed by atoms with Gasteiger partial charge in [0.2, 0.25) is 0 Å². The summed E-state index contributed by atoms with van der Waals surface area (Å²) in [4.78, 5) is 18.0. The van der Waals surface area contributed by atoms with Crippen LogP contribution in [0.4, 0.5) is 11.4 Å². The number of nitrogens with two attached hydrogens (primary N) is 1. The summed E-state index contributed by atoms with van der Waals surface area (Å²) in [6.07, 6.45) is 1.06. The molecule has 0 saturated heterocycles. The Morgan fingerprint density at radius 1 is 1.10 bits per heavy atom. The molecule has 0 spiro atoms. The fourth-order valence-corrected chi connectivity index (χ4v) is 2.18. The van der Waals surface area contributed by atoms with Gasteiger partial charge in [0, 0.05) is 39.3 Å². The molecular weight excluding hydrogens is 264 g/mol. The van der Waals surface area contributed by atoms with Gasteiger partial charge in [0.15, 0.2) is 0 Å². The van der Waals surface area contributed by atoms with Gasteiger partial charge in [0.25, 0.3) is 5.91 Å². The van der Waals surface area contributed by atoms with Crippen molar-refractivity contribution in [2.45, 2.75) is 13.3 Å². The second-order valence-corrected chi connectivity index (χ2v) is 5.76. The van der Waals surface area contributed by atoms with Crippen LogP contribution in [-0.4, -0.2) is 63.5 Å². The summed E-state index contributed by atoms with van der Waals surface area (Å²) in [5.41, 5.74) is 8.47. The quantitative estimate of drug-likeness (QED) is 0.778. The van der Waals surface area contributed by atoms with E-state index in [9.17, 15) is 4.79 Å². The maximum atomic E-state index is 12.0. The van der Waals surface area contributed by atoms with Gasteiger partial charge < -0.3 is 20.4 Å². The monoisotopic (exact) mass is 292 g/mol. The summed E-state index contributed by atoms with van der Waals surface area (Å²) in [6.45, 7) is 5.01. The van der Waals surface area contributed by atoms with Crippen molar-refractivity contribution in [1.82, 2.24) is 9.80 Å². The number of rotatable bonds is 7. The second kappa shape index (κ2) is 7.88. The molecule has 0 bridgehead atoms. The Morgan fingerprint density at radius 3 is 2.24 bits per heavy atom. The topological polar surface area (TPSA) is 52.8 Å². The van der Waals surface area contributed by atoms with E-state index in [0.717, 1.165) is 31.7 Å². The number of hydrogen-bond acceptors (Lipinski definition) is 4. The zero-order chi connectivity index (χ0) is 16.0. The molecule has 2 N–H and O–H groups in total. The van der Waals surface area contributed by atoms with Gasteiger partial charge in [-0.25, -0.2) is 0 Å². The van der Waals surface area contributed by atoms with E-state index >= 15 is 0 Å². The van der Waals surface area contributed by atoms with Crippen molar-refractivity contribution in [1.29, 1.82) is 0 Å². The lowest BCUT2D eigenvalue weighted by Gasteiger charge is -2.27. The highest BCUT2D eigenvalue weighted by molar-refractivity contribution is 5.95. The molecule has 1 aromatic carbocycles. The molecule has 0 aromatic heterocycles. The Labute approximate surface area is 128 Å². The molecule has 5 heteroatoms. The van der Waals surface area contributed by atoms with Crippen LogP contribution in [0.5, 0.6) is 0 Å². The van der Waals surface area contributed by atoms with Crippen LogP contribution in [0.3, 0.4) is 0 Å². The van der Waals surface area contributed by atoms with Gasteiger partial charge in [-0.15, -0.1) is 0 Å². The molecule has 0 aliphatic carbocycles. The molecule has 5 nitrogen and oxygen atoms in total. The van der Waals surface area contributed by atoms with Gasteiger partial charge in [-0.2, -0.15) is 0 Å². The maximum absolute atomic E-state index is 12.0. The number of hydrogen-bond donors (Lipinski definition) is 1. The molecule has 1 aromatic rings. The number of nitrogens with zero attached hydrogens (tertiary/aromatic N) is 3. The predicted molar refractivity (Wildman–Crippen MR) is 89.9 cm³/mol. The van der Waals surface area contributed by atoms with Crippen molar-refractivity contribution in [3.8, 4) is 0 Å². The zero-order valence-electron chi connectivity index (χ0n) is 13.9. The summed E-state index contributed by atoms with van der Waals surface area (Å²) < 4.78 is 0. The molecule has 0 aliphatic heterocycles. The SMILES string of the molecule is CCCN(CCN(C)C)c1ccc(C(=O)N(C)C)cc1N. The first kappa shape index (κ1) is 17.3. The van der Waals surface area contributed by atoms with Gasteiger partial charge in [-0.3, -0.25) is 4.79 Å². The van der Waals surface area contributed by atoms with Gasteiger partial charge in [0.1, 0.15) is 0 Å². The second-order valence-electron chi connectivity index (χ2n) is 5.76. The van der Waals surface area contributed by atoms with Crippen LogP contribution < -0.4 is 10.6 Å². The van der Waals surface area contributed by atoms with Gasteiger partial charge in [-0.05, 0) is 38.7 Å². The minimum atomic E-state index is -0.0245. The van der Waals surface area contributed by atoms with E-state index in [0.29, 0.717) is 11.3 Å². The molecular formula is C16H28N4O. The highest BCUT2D eigenvalue weighted by Gasteiger charge is 2.13. The van der Waals surface area contributed by atoms with E-state index in [1.165, 1.54) is 0 Å². The van der Waals surface area contributed by atoms with Crippen molar-refractivity contribution in [3.05, 3.63) is 23.8 Å². The van der Waals surface area contributed by atoms with Gasteiger partial charge in [-0.1, -0.05) is 6.92 Å². The van der Waals surface area contributed by atoms with E-state index in [-0.39, 0.29) is 5.91 Å². The van der Waals surface area contributed by atoms with E-state index in [2.05, 4.69) is 30.8 Å². The van der Waals surface area contributed by atoms with Gasteiger partial charge in [0.05, 0.1) is 11.4 Å². The summed E-state index contributed by atoms with van der Waals surface area (Å²) in [6, 6.07) is 5.58. The van der Waals surface area contributed by atoms with Crippen molar-refractivity contribution in [2.75, 3.05) is 58.5 Å². The average Bonchev–Trinajstić information content (AvgIpc) is 2.42. The highest BCUT2D eigenvalue weighted by atomic mass is 16.2. The molecule has 21 heavy (non-hydrogen) atoms. The molecule has 0 radical (unpaired) electrons. The van der Waals surface area contributed by atoms with E-state index < -0.39 is 0 Å². The first-order valence-corrected chi connectivity index (χ1v) is 7.37. The zero-order valence-corrected chi connectivity index (χ0v) is 13.9. The molecule has 0 aliphatic rings. The molecule has 1 amide bonds. The van der Waals surface area contributed by atoms with Crippen LogP contribution in [0, 0.1) is 0 Å². The number of anilines is 2. The third-order valence-corrected chi connectivity index (χ3v) is 3.33. The predicted octanol–water partition coefficient (Wildman–Crippen LogP) is 1.75. The van der Waals surface area contributed by atoms with Crippen molar-refractivity contribution in [3.63, 3.8) is 0 Å². The summed E-state index contributed by atoms with van der Waals surface area (Å²) >= 11 is 0. The summed E-state index contributed by atoms with van der Waals surface area (Å²) in [5.74, 6) is -0.0245. The Kier molecular flexibility index (Phi) is 6.49. The molecule has 0 unspecified atom stereocenters. The minimum Gasteiger partial charge on any atom is -0.397 e.